The lowest BCUT2D eigenvalue weighted by Gasteiger charge is -2.12. The maximum absolute atomic E-state index is 13.8. The molecule has 0 atom stereocenters. The zero-order chi connectivity index (χ0) is 18.7. The number of carbonyl (C=O) groups is 2. The van der Waals surface area contributed by atoms with Gasteiger partial charge in [0.15, 0.2) is 0 Å². The van der Waals surface area contributed by atoms with Crippen LogP contribution in [0.25, 0.3) is 6.08 Å². The number of rotatable bonds is 5. The van der Waals surface area contributed by atoms with Gasteiger partial charge in [-0.1, -0.05) is 18.2 Å². The van der Waals surface area contributed by atoms with Crippen molar-refractivity contribution < 1.29 is 23.5 Å². The van der Waals surface area contributed by atoms with Crippen LogP contribution in [-0.2, 0) is 11.3 Å². The van der Waals surface area contributed by atoms with Crippen molar-refractivity contribution >= 4 is 29.0 Å². The Bertz CT molecular complexity index is 875. The van der Waals surface area contributed by atoms with E-state index in [9.17, 15) is 14.0 Å². The molecule has 2 aromatic rings. The molecule has 1 saturated heterocycles. The van der Waals surface area contributed by atoms with Crippen LogP contribution in [0.3, 0.4) is 0 Å². The highest BCUT2D eigenvalue weighted by atomic mass is 32.2. The first kappa shape index (κ1) is 18.0. The van der Waals surface area contributed by atoms with Crippen LogP contribution in [0.2, 0.25) is 0 Å². The van der Waals surface area contributed by atoms with Crippen LogP contribution in [-0.4, -0.2) is 30.3 Å². The molecule has 134 valence electrons. The minimum absolute atomic E-state index is 0.101. The molecule has 7 heteroatoms. The fourth-order valence-corrected chi connectivity index (χ4v) is 3.34. The second kappa shape index (κ2) is 7.61. The van der Waals surface area contributed by atoms with Crippen LogP contribution in [0.5, 0.6) is 11.5 Å². The van der Waals surface area contributed by atoms with Crippen LogP contribution in [0.1, 0.15) is 11.1 Å². The minimum Gasteiger partial charge on any atom is -0.497 e. The molecule has 1 heterocycles. The molecule has 0 radical (unpaired) electrons. The standard InChI is InChI=1S/C19H16FNO4S/c1-24-14-7-12(8-15(10-14)25-2)9-17-18(22)21(19(23)26-17)11-13-5-3-4-6-16(13)20/h3-10H,11H2,1-2H3/b17-9-. The number of imide groups is 1. The van der Waals surface area contributed by atoms with Gasteiger partial charge in [0.05, 0.1) is 25.7 Å². The van der Waals surface area contributed by atoms with Crippen LogP contribution in [0.4, 0.5) is 9.18 Å². The monoisotopic (exact) mass is 373 g/mol. The molecule has 2 aromatic carbocycles. The van der Waals surface area contributed by atoms with Crippen molar-refractivity contribution in [2.75, 3.05) is 14.2 Å². The van der Waals surface area contributed by atoms with Gasteiger partial charge in [-0.05, 0) is 41.6 Å². The molecule has 1 aliphatic heterocycles. The van der Waals surface area contributed by atoms with Crippen molar-refractivity contribution in [3.8, 4) is 11.5 Å². The van der Waals surface area contributed by atoms with Gasteiger partial charge in [0, 0.05) is 11.6 Å². The number of hydrogen-bond donors (Lipinski definition) is 0. The summed E-state index contributed by atoms with van der Waals surface area (Å²) in [6.45, 7) is -0.101. The maximum Gasteiger partial charge on any atom is 0.293 e. The molecule has 2 amide bonds. The summed E-state index contributed by atoms with van der Waals surface area (Å²) in [5.41, 5.74) is 0.955. The summed E-state index contributed by atoms with van der Waals surface area (Å²) in [5, 5.41) is -0.431. The van der Waals surface area contributed by atoms with Gasteiger partial charge in [0.2, 0.25) is 0 Å². The molecule has 1 fully saturated rings. The van der Waals surface area contributed by atoms with Gasteiger partial charge in [-0.2, -0.15) is 0 Å². The summed E-state index contributed by atoms with van der Waals surface area (Å²) >= 11 is 0.823. The van der Waals surface area contributed by atoms with Crippen molar-refractivity contribution in [3.05, 3.63) is 64.3 Å². The molecule has 1 aliphatic rings. The minimum atomic E-state index is -0.454. The highest BCUT2D eigenvalue weighted by Crippen LogP contribution is 2.34. The van der Waals surface area contributed by atoms with E-state index in [0.29, 0.717) is 22.6 Å². The van der Waals surface area contributed by atoms with Gasteiger partial charge in [0.25, 0.3) is 11.1 Å². The van der Waals surface area contributed by atoms with Crippen molar-refractivity contribution in [1.29, 1.82) is 0 Å². The topological polar surface area (TPSA) is 55.8 Å². The molecule has 0 N–H and O–H groups in total. The zero-order valence-electron chi connectivity index (χ0n) is 14.2. The highest BCUT2D eigenvalue weighted by molar-refractivity contribution is 8.18. The fraction of sp³-hybridized carbons (Fsp3) is 0.158. The van der Waals surface area contributed by atoms with Crippen molar-refractivity contribution in [2.45, 2.75) is 6.54 Å². The quantitative estimate of drug-likeness (QED) is 0.739. The van der Waals surface area contributed by atoms with Crippen LogP contribution in [0, 0.1) is 5.82 Å². The third-order valence-corrected chi connectivity index (χ3v) is 4.74. The molecule has 26 heavy (non-hydrogen) atoms. The Morgan fingerprint density at radius 3 is 2.35 bits per heavy atom. The Balaban J connectivity index is 1.87. The first-order chi connectivity index (χ1) is 12.5. The summed E-state index contributed by atoms with van der Waals surface area (Å²) in [4.78, 5) is 26.1. The SMILES string of the molecule is COc1cc(/C=C2\SC(=O)N(Cc3ccccc3F)C2=O)cc(OC)c1. The number of carbonyl (C=O) groups excluding carboxylic acids is 2. The molecule has 0 aromatic heterocycles. The third kappa shape index (κ3) is 3.72. The van der Waals surface area contributed by atoms with Gasteiger partial charge in [-0.15, -0.1) is 0 Å². The normalized spacial score (nSPS) is 15.7. The number of thioether (sulfide) groups is 1. The molecule has 0 spiro atoms. The Morgan fingerprint density at radius 2 is 1.73 bits per heavy atom. The fourth-order valence-electron chi connectivity index (χ4n) is 2.50. The van der Waals surface area contributed by atoms with Crippen LogP contribution < -0.4 is 9.47 Å². The number of amides is 2. The van der Waals surface area contributed by atoms with Gasteiger partial charge in [0.1, 0.15) is 17.3 Å². The number of halogens is 1. The van der Waals surface area contributed by atoms with Gasteiger partial charge in [-0.3, -0.25) is 14.5 Å². The first-order valence-electron chi connectivity index (χ1n) is 7.73. The van der Waals surface area contributed by atoms with E-state index < -0.39 is 17.0 Å². The van der Waals surface area contributed by atoms with Gasteiger partial charge < -0.3 is 9.47 Å². The summed E-state index contributed by atoms with van der Waals surface area (Å²) < 4.78 is 24.2. The molecule has 0 bridgehead atoms. The lowest BCUT2D eigenvalue weighted by molar-refractivity contribution is -0.123. The van der Waals surface area contributed by atoms with E-state index in [1.807, 2.05) is 0 Å². The second-order valence-electron chi connectivity index (χ2n) is 5.51. The summed E-state index contributed by atoms with van der Waals surface area (Å²) in [6, 6.07) is 11.2. The van der Waals surface area contributed by atoms with Crippen molar-refractivity contribution in [2.24, 2.45) is 0 Å². The predicted molar refractivity (Wildman–Crippen MR) is 97.5 cm³/mol. The average molecular weight is 373 g/mol. The molecule has 0 aliphatic carbocycles. The number of ether oxygens (including phenoxy) is 2. The first-order valence-corrected chi connectivity index (χ1v) is 8.55. The maximum atomic E-state index is 13.8. The largest absolute Gasteiger partial charge is 0.497 e. The van der Waals surface area contributed by atoms with Crippen molar-refractivity contribution in [3.63, 3.8) is 0 Å². The van der Waals surface area contributed by atoms with Crippen LogP contribution in [0.15, 0.2) is 47.4 Å². The van der Waals surface area contributed by atoms with E-state index in [1.54, 1.807) is 42.5 Å². The predicted octanol–water partition coefficient (Wildman–Crippen LogP) is 4.08. The van der Waals surface area contributed by atoms with E-state index in [-0.39, 0.29) is 11.4 Å². The molecule has 0 saturated carbocycles. The van der Waals surface area contributed by atoms with Gasteiger partial charge >= 0.3 is 0 Å². The van der Waals surface area contributed by atoms with Crippen LogP contribution >= 0.6 is 11.8 Å². The Labute approximate surface area is 154 Å². The molecule has 5 nitrogen and oxygen atoms in total. The molecular weight excluding hydrogens is 357 g/mol. The van der Waals surface area contributed by atoms with E-state index >= 15 is 0 Å². The van der Waals surface area contributed by atoms with E-state index in [4.69, 9.17) is 9.47 Å². The third-order valence-electron chi connectivity index (χ3n) is 3.83. The Hall–Kier alpha value is -2.80. The average Bonchev–Trinajstić information content (AvgIpc) is 2.90. The highest BCUT2D eigenvalue weighted by Gasteiger charge is 2.35. The summed E-state index contributed by atoms with van der Waals surface area (Å²) in [7, 11) is 3.06. The summed E-state index contributed by atoms with van der Waals surface area (Å²) in [6.07, 6.45) is 1.59. The lowest BCUT2D eigenvalue weighted by atomic mass is 10.1. The lowest BCUT2D eigenvalue weighted by Crippen LogP contribution is -2.27. The molecular formula is C19H16FNO4S. The number of hydrogen-bond acceptors (Lipinski definition) is 5. The van der Waals surface area contributed by atoms with E-state index in [2.05, 4.69) is 0 Å². The zero-order valence-corrected chi connectivity index (χ0v) is 15.0. The summed E-state index contributed by atoms with van der Waals surface area (Å²) in [5.74, 6) is 0.237. The second-order valence-corrected chi connectivity index (χ2v) is 6.50. The molecule has 0 unspecified atom stereocenters. The Kier molecular flexibility index (Phi) is 5.27. The number of nitrogens with zero attached hydrogens (tertiary/aromatic N) is 1. The van der Waals surface area contributed by atoms with Gasteiger partial charge in [-0.25, -0.2) is 4.39 Å². The Morgan fingerprint density at radius 1 is 1.08 bits per heavy atom. The van der Waals surface area contributed by atoms with Crippen molar-refractivity contribution in [1.82, 2.24) is 4.90 Å². The number of benzene rings is 2. The van der Waals surface area contributed by atoms with E-state index in [1.165, 1.54) is 20.3 Å². The van der Waals surface area contributed by atoms with E-state index in [0.717, 1.165) is 16.7 Å². The smallest absolute Gasteiger partial charge is 0.293 e. The number of methoxy groups -OCH3 is 2. The molecule has 3 rings (SSSR count).